The van der Waals surface area contributed by atoms with Crippen molar-refractivity contribution in [1.82, 2.24) is 19.7 Å². The molecule has 0 saturated heterocycles. The van der Waals surface area contributed by atoms with Crippen LogP contribution in [0.1, 0.15) is 17.8 Å². The highest BCUT2D eigenvalue weighted by atomic mass is 32.1. The first-order chi connectivity index (χ1) is 14.0. The van der Waals surface area contributed by atoms with Crippen LogP contribution in [0.4, 0.5) is 11.8 Å². The third-order valence-corrected chi connectivity index (χ3v) is 5.44. The van der Waals surface area contributed by atoms with Crippen molar-refractivity contribution in [3.63, 3.8) is 0 Å². The van der Waals surface area contributed by atoms with Gasteiger partial charge in [-0.15, -0.1) is 11.3 Å². The van der Waals surface area contributed by atoms with Gasteiger partial charge in [0.1, 0.15) is 11.5 Å². The van der Waals surface area contributed by atoms with Crippen molar-refractivity contribution in [2.75, 3.05) is 23.7 Å². The molecule has 4 N–H and O–H groups in total. The average molecular weight is 414 g/mol. The third kappa shape index (κ3) is 4.29. The maximum Gasteiger partial charge on any atom is 0.266 e. The summed E-state index contributed by atoms with van der Waals surface area (Å²) in [4.78, 5) is 25.5. The Bertz CT molecular complexity index is 1070. The molecule has 1 unspecified atom stereocenters. The predicted molar refractivity (Wildman–Crippen MR) is 112 cm³/mol. The van der Waals surface area contributed by atoms with E-state index < -0.39 is 5.91 Å². The summed E-state index contributed by atoms with van der Waals surface area (Å²) in [5, 5.41) is 16.7. The molecule has 29 heavy (non-hydrogen) atoms. The number of oxime groups is 1. The summed E-state index contributed by atoms with van der Waals surface area (Å²) in [6.45, 7) is 5.87. The van der Waals surface area contributed by atoms with E-state index in [0.717, 1.165) is 34.0 Å². The van der Waals surface area contributed by atoms with Crippen molar-refractivity contribution in [2.45, 2.75) is 32.9 Å². The van der Waals surface area contributed by atoms with Crippen LogP contribution in [-0.2, 0) is 16.2 Å². The Balaban J connectivity index is 1.40. The lowest BCUT2D eigenvalue weighted by Crippen LogP contribution is -2.26. The SMILES string of the molecule is Cc1cc(C)n(CCNc2nc(NCC3CC(C(N)=O)=NO3)nc3ccsc23)n1. The molecule has 11 heteroatoms. The van der Waals surface area contributed by atoms with Gasteiger partial charge >= 0.3 is 0 Å². The Labute approximate surface area is 171 Å². The minimum atomic E-state index is -0.558. The number of rotatable bonds is 8. The molecule has 1 amide bonds. The third-order valence-electron chi connectivity index (χ3n) is 4.53. The van der Waals surface area contributed by atoms with E-state index in [4.69, 9.17) is 10.6 Å². The second kappa shape index (κ2) is 8.03. The molecule has 1 atom stereocenters. The van der Waals surface area contributed by atoms with Gasteiger partial charge in [0.15, 0.2) is 6.10 Å². The quantitative estimate of drug-likeness (QED) is 0.510. The molecule has 10 nitrogen and oxygen atoms in total. The van der Waals surface area contributed by atoms with Gasteiger partial charge in [-0.3, -0.25) is 9.48 Å². The molecule has 0 fully saturated rings. The van der Waals surface area contributed by atoms with Crippen LogP contribution in [0.25, 0.3) is 10.2 Å². The lowest BCUT2D eigenvalue weighted by atomic mass is 10.2. The Morgan fingerprint density at radius 3 is 2.97 bits per heavy atom. The van der Waals surface area contributed by atoms with E-state index in [0.29, 0.717) is 25.5 Å². The number of amides is 1. The molecule has 3 aromatic rings. The molecular formula is C18H22N8O2S. The summed E-state index contributed by atoms with van der Waals surface area (Å²) in [6.07, 6.45) is 0.0956. The standard InChI is InChI=1S/C18H22N8O2S/c1-10-7-11(2)26(24-10)5-4-20-17-15-13(3-6-29-15)22-18(23-17)21-9-12-8-14(16(19)27)25-28-12/h3,6-7,12H,4-5,8-9H2,1-2H3,(H2,19,27)(H2,20,21,22,23). The molecule has 4 heterocycles. The molecule has 152 valence electrons. The summed E-state index contributed by atoms with van der Waals surface area (Å²) in [5.74, 6) is 0.702. The van der Waals surface area contributed by atoms with Crippen LogP contribution < -0.4 is 16.4 Å². The molecule has 0 saturated carbocycles. The van der Waals surface area contributed by atoms with Gasteiger partial charge in [-0.1, -0.05) is 5.16 Å². The molecule has 0 radical (unpaired) electrons. The molecule has 1 aliphatic heterocycles. The van der Waals surface area contributed by atoms with Crippen LogP contribution in [-0.4, -0.2) is 50.6 Å². The van der Waals surface area contributed by atoms with Crippen LogP contribution in [0.15, 0.2) is 22.7 Å². The number of aryl methyl sites for hydroxylation is 2. The number of nitrogens with zero attached hydrogens (tertiary/aromatic N) is 5. The first-order valence-corrected chi connectivity index (χ1v) is 10.1. The van der Waals surface area contributed by atoms with Crippen LogP contribution >= 0.6 is 11.3 Å². The molecule has 0 aliphatic carbocycles. The number of carbonyl (C=O) groups excluding carboxylic acids is 1. The number of nitrogens with one attached hydrogen (secondary N) is 2. The van der Waals surface area contributed by atoms with Crippen molar-refractivity contribution < 1.29 is 9.63 Å². The van der Waals surface area contributed by atoms with Crippen molar-refractivity contribution >= 4 is 44.9 Å². The summed E-state index contributed by atoms with van der Waals surface area (Å²) in [6, 6.07) is 4.02. The summed E-state index contributed by atoms with van der Waals surface area (Å²) < 4.78 is 2.97. The van der Waals surface area contributed by atoms with Gasteiger partial charge < -0.3 is 21.2 Å². The van der Waals surface area contributed by atoms with Gasteiger partial charge in [-0.05, 0) is 31.4 Å². The van der Waals surface area contributed by atoms with Crippen LogP contribution in [0, 0.1) is 13.8 Å². The van der Waals surface area contributed by atoms with Gasteiger partial charge in [0.25, 0.3) is 5.91 Å². The number of anilines is 2. The molecule has 4 rings (SSSR count). The molecule has 0 bridgehead atoms. The number of aromatic nitrogens is 4. The number of hydrogen-bond acceptors (Lipinski definition) is 9. The second-order valence-electron chi connectivity index (χ2n) is 6.82. The van der Waals surface area contributed by atoms with Crippen LogP contribution in [0.2, 0.25) is 0 Å². The van der Waals surface area contributed by atoms with E-state index in [-0.39, 0.29) is 11.8 Å². The fourth-order valence-electron chi connectivity index (χ4n) is 3.13. The highest BCUT2D eigenvalue weighted by Gasteiger charge is 2.24. The van der Waals surface area contributed by atoms with Gasteiger partial charge in [0.05, 0.1) is 29.0 Å². The van der Waals surface area contributed by atoms with Crippen LogP contribution in [0.5, 0.6) is 0 Å². The zero-order valence-electron chi connectivity index (χ0n) is 16.2. The molecule has 1 aliphatic rings. The largest absolute Gasteiger partial charge is 0.390 e. The van der Waals surface area contributed by atoms with Gasteiger partial charge in [-0.25, -0.2) is 4.98 Å². The smallest absolute Gasteiger partial charge is 0.266 e. The predicted octanol–water partition coefficient (Wildman–Crippen LogP) is 1.66. The van der Waals surface area contributed by atoms with Gasteiger partial charge in [-0.2, -0.15) is 10.1 Å². The van der Waals surface area contributed by atoms with Crippen molar-refractivity contribution in [1.29, 1.82) is 0 Å². The van der Waals surface area contributed by atoms with E-state index in [1.807, 2.05) is 30.0 Å². The second-order valence-corrected chi connectivity index (χ2v) is 7.74. The average Bonchev–Trinajstić information content (AvgIpc) is 3.40. The van der Waals surface area contributed by atoms with Crippen molar-refractivity contribution in [2.24, 2.45) is 10.9 Å². The monoisotopic (exact) mass is 414 g/mol. The number of hydrogen-bond donors (Lipinski definition) is 3. The Hall–Kier alpha value is -3.21. The number of carbonyl (C=O) groups is 1. The summed E-state index contributed by atoms with van der Waals surface area (Å²) >= 11 is 1.59. The Kier molecular flexibility index (Phi) is 5.30. The fraction of sp³-hybridized carbons (Fsp3) is 0.389. The first kappa shape index (κ1) is 19.1. The topological polar surface area (TPSA) is 132 Å². The van der Waals surface area contributed by atoms with E-state index in [2.05, 4.69) is 36.9 Å². The molecular weight excluding hydrogens is 392 g/mol. The zero-order chi connectivity index (χ0) is 20.4. The highest BCUT2D eigenvalue weighted by molar-refractivity contribution is 7.17. The lowest BCUT2D eigenvalue weighted by Gasteiger charge is -2.12. The van der Waals surface area contributed by atoms with Gasteiger partial charge in [0, 0.05) is 18.7 Å². The maximum absolute atomic E-state index is 11.2. The maximum atomic E-state index is 11.2. The molecule has 0 spiro atoms. The van der Waals surface area contributed by atoms with E-state index >= 15 is 0 Å². The molecule has 3 aromatic heterocycles. The Morgan fingerprint density at radius 2 is 2.24 bits per heavy atom. The zero-order valence-corrected chi connectivity index (χ0v) is 17.0. The summed E-state index contributed by atoms with van der Waals surface area (Å²) in [7, 11) is 0. The lowest BCUT2D eigenvalue weighted by molar-refractivity contribution is -0.112. The normalized spacial score (nSPS) is 15.9. The van der Waals surface area contributed by atoms with Crippen LogP contribution in [0.3, 0.4) is 0 Å². The fourth-order valence-corrected chi connectivity index (χ4v) is 3.93. The van der Waals surface area contributed by atoms with E-state index in [1.165, 1.54) is 0 Å². The Morgan fingerprint density at radius 1 is 1.38 bits per heavy atom. The first-order valence-electron chi connectivity index (χ1n) is 9.26. The number of fused-ring (bicyclic) bond motifs is 1. The van der Waals surface area contributed by atoms with E-state index in [1.54, 1.807) is 11.3 Å². The highest BCUT2D eigenvalue weighted by Crippen LogP contribution is 2.27. The van der Waals surface area contributed by atoms with Crippen molar-refractivity contribution in [3.05, 3.63) is 28.9 Å². The number of thiophene rings is 1. The number of primary amides is 1. The van der Waals surface area contributed by atoms with E-state index in [9.17, 15) is 4.79 Å². The molecule has 0 aromatic carbocycles. The van der Waals surface area contributed by atoms with Gasteiger partial charge in [0.2, 0.25) is 5.95 Å². The van der Waals surface area contributed by atoms with Crippen molar-refractivity contribution in [3.8, 4) is 0 Å². The minimum Gasteiger partial charge on any atom is -0.390 e. The minimum absolute atomic E-state index is 0.248. The summed E-state index contributed by atoms with van der Waals surface area (Å²) in [5.41, 5.74) is 8.48. The number of nitrogens with two attached hydrogens (primary N) is 1.